The topological polar surface area (TPSA) is 170 Å². The molecule has 14 heteroatoms. The van der Waals surface area contributed by atoms with Crippen molar-refractivity contribution in [3.05, 3.63) is 83.4 Å². The number of thioether (sulfide) groups is 1. The van der Waals surface area contributed by atoms with Crippen LogP contribution in [-0.2, 0) is 57.2 Å². The fourth-order valence-electron chi connectivity index (χ4n) is 15.2. The fourth-order valence-corrected chi connectivity index (χ4v) is 16.3. The number of carbonyl (C=O) groups is 6. The molecule has 5 aliphatic carbocycles. The first-order valence-corrected chi connectivity index (χ1v) is 27.1. The minimum Gasteiger partial charge on any atom is -0.467 e. The number of allylic oxidation sites excluding steroid dienone is 2. The van der Waals surface area contributed by atoms with Crippen molar-refractivity contribution in [2.45, 2.75) is 169 Å². The Morgan fingerprint density at radius 3 is 1.92 bits per heavy atom. The van der Waals surface area contributed by atoms with E-state index in [9.17, 15) is 24.0 Å². The van der Waals surface area contributed by atoms with Crippen LogP contribution in [-0.4, -0.2) is 90.9 Å². The highest BCUT2D eigenvalue weighted by molar-refractivity contribution is 7.99. The zero-order valence-corrected chi connectivity index (χ0v) is 45.0. The number of methoxy groups -OCH3 is 1. The van der Waals surface area contributed by atoms with Crippen molar-refractivity contribution in [1.29, 1.82) is 0 Å². The van der Waals surface area contributed by atoms with Crippen LogP contribution in [0.4, 0.5) is 0 Å². The van der Waals surface area contributed by atoms with Gasteiger partial charge >= 0.3 is 29.8 Å². The molecule has 2 aromatic carbocycles. The molecule has 13 nitrogen and oxygen atoms in total. The van der Waals surface area contributed by atoms with Gasteiger partial charge in [-0.25, -0.2) is 4.79 Å². The molecule has 0 spiro atoms. The van der Waals surface area contributed by atoms with Crippen LogP contribution in [0.15, 0.2) is 72.3 Å². The lowest BCUT2D eigenvalue weighted by molar-refractivity contribution is -0.235. The van der Waals surface area contributed by atoms with Crippen molar-refractivity contribution in [2.24, 2.45) is 50.2 Å². The summed E-state index contributed by atoms with van der Waals surface area (Å²) in [5, 5.41) is 3.84. The first kappa shape index (κ1) is 53.8. The largest absolute Gasteiger partial charge is 0.467 e. The third kappa shape index (κ3) is 9.59. The Morgan fingerprint density at radius 2 is 1.32 bits per heavy atom. The van der Waals surface area contributed by atoms with Gasteiger partial charge in [-0.3, -0.25) is 24.0 Å². The Morgan fingerprint density at radius 1 is 0.736 bits per heavy atom. The Labute approximate surface area is 430 Å². The second-order valence-corrected chi connectivity index (χ2v) is 25.0. The molecular weight excluding hydrogens is 935 g/mol. The molecule has 0 amide bonds. The van der Waals surface area contributed by atoms with Crippen molar-refractivity contribution >= 4 is 47.4 Å². The van der Waals surface area contributed by atoms with E-state index in [2.05, 4.69) is 59.9 Å². The van der Waals surface area contributed by atoms with Gasteiger partial charge in [0, 0.05) is 45.0 Å². The third-order valence-corrected chi connectivity index (χ3v) is 20.3. The van der Waals surface area contributed by atoms with Crippen molar-refractivity contribution < 1.29 is 57.2 Å². The maximum Gasteiger partial charge on any atom is 0.339 e. The maximum atomic E-state index is 15.3. The molecule has 0 aromatic heterocycles. The third-order valence-electron chi connectivity index (χ3n) is 19.1. The Bertz CT molecular complexity index is 2390. The van der Waals surface area contributed by atoms with Crippen LogP contribution in [0.25, 0.3) is 0 Å². The lowest BCUT2D eigenvalue weighted by Crippen LogP contribution is -2.67. The van der Waals surface area contributed by atoms with E-state index in [0.717, 1.165) is 69.4 Å². The summed E-state index contributed by atoms with van der Waals surface area (Å²) in [6.07, 6.45) is 4.20. The van der Waals surface area contributed by atoms with Crippen molar-refractivity contribution in [3.8, 4) is 0 Å². The highest BCUT2D eigenvalue weighted by Gasteiger charge is 2.70. The predicted octanol–water partition coefficient (Wildman–Crippen LogP) is 9.68. The normalized spacial score (nSPS) is 37.8. The van der Waals surface area contributed by atoms with E-state index in [0.29, 0.717) is 18.7 Å². The van der Waals surface area contributed by atoms with Gasteiger partial charge in [0.25, 0.3) is 0 Å². The van der Waals surface area contributed by atoms with Gasteiger partial charge in [-0.2, -0.15) is 0 Å². The van der Waals surface area contributed by atoms with Crippen LogP contribution in [0.1, 0.15) is 144 Å². The van der Waals surface area contributed by atoms with E-state index in [4.69, 9.17) is 28.4 Å². The molecule has 1 N–H and O–H groups in total. The Hall–Kier alpha value is -4.53. The molecule has 392 valence electrons. The first-order chi connectivity index (χ1) is 33.9. The number of benzene rings is 2. The summed E-state index contributed by atoms with van der Waals surface area (Å²) in [5.41, 5.74) is 0.498. The fraction of sp³-hybridized carbons (Fsp3) is 0.655. The van der Waals surface area contributed by atoms with E-state index < -0.39 is 65.2 Å². The molecule has 4 saturated carbocycles. The SMILES string of the molecule is COC(=O)[C@H]1O[C@@H](SCCN[C@H]2CC[C@]3(C)[C@H]4C(=O)C=C5[C@@H]6C[C@@](C)(C(=O)OC(c7ccccc7)c7ccccc7)CC[C@]6(C)CC[C@@]5(C)[C@]4(C)CC[C@H]3C2(C)C)[C@H](OC(C)=O)[C@@H](OC(C)=O)[C@@H]1OC(C)=O. The van der Waals surface area contributed by atoms with Crippen molar-refractivity contribution in [2.75, 3.05) is 19.4 Å². The van der Waals surface area contributed by atoms with E-state index in [1.165, 1.54) is 38.3 Å². The molecule has 72 heavy (non-hydrogen) atoms. The molecule has 1 aliphatic heterocycles. The van der Waals surface area contributed by atoms with Gasteiger partial charge in [0.05, 0.1) is 12.5 Å². The molecule has 5 fully saturated rings. The van der Waals surface area contributed by atoms with Crippen LogP contribution in [0.3, 0.4) is 0 Å². The number of hydrogen-bond donors (Lipinski definition) is 1. The molecule has 0 bridgehead atoms. The van der Waals surface area contributed by atoms with Crippen LogP contribution < -0.4 is 5.32 Å². The summed E-state index contributed by atoms with van der Waals surface area (Å²) in [6, 6.07) is 20.1. The molecular formula is C58H77NO12S. The van der Waals surface area contributed by atoms with Gasteiger partial charge in [-0.15, -0.1) is 11.8 Å². The molecule has 0 unspecified atom stereocenters. The number of nitrogens with one attached hydrogen (secondary N) is 1. The van der Waals surface area contributed by atoms with Gasteiger partial charge in [0.1, 0.15) is 5.44 Å². The standard InChI is InChI=1S/C58H77NO12S/c1-34(60)67-45-46(68-35(2)61)48(69-36(3)62)51(70-47(45)50(64)66-11)72-31-30-59-43-23-24-56(8)42(53(43,4)5)22-25-58(10)49(56)41(63)32-39-40-33-55(7,27-26-54(40,6)28-29-57(39,58)9)52(65)71-44(37-18-14-12-15-19-37)38-20-16-13-17-21-38/h12-21,32,40,42-49,51,59H,22-31,33H2,1-11H3/t40-,42-,43-,45-,46-,47-,48+,49+,51-,54+,55-,56-,57+,58+/m0/s1. The summed E-state index contributed by atoms with van der Waals surface area (Å²) in [4.78, 5) is 79.9. The van der Waals surface area contributed by atoms with Crippen LogP contribution in [0, 0.1) is 50.2 Å². The molecule has 0 radical (unpaired) electrons. The molecule has 8 rings (SSSR count). The Kier molecular flexibility index (Phi) is 15.2. The second kappa shape index (κ2) is 20.3. The number of fused-ring (bicyclic) bond motifs is 7. The lowest BCUT2D eigenvalue weighted by atomic mass is 9.33. The Balaban J connectivity index is 0.982. The minimum atomic E-state index is -1.44. The average molecular weight is 1010 g/mol. The number of esters is 5. The molecule has 2 aromatic rings. The molecule has 14 atom stereocenters. The number of ketones is 1. The van der Waals surface area contributed by atoms with Gasteiger partial charge in [0.2, 0.25) is 0 Å². The second-order valence-electron chi connectivity index (χ2n) is 23.8. The minimum absolute atomic E-state index is 0.0259. The van der Waals surface area contributed by atoms with E-state index in [1.807, 2.05) is 60.7 Å². The van der Waals surface area contributed by atoms with Crippen LogP contribution in [0.2, 0.25) is 0 Å². The molecule has 1 heterocycles. The molecule has 1 saturated heterocycles. The van der Waals surface area contributed by atoms with Gasteiger partial charge in [0.15, 0.2) is 36.3 Å². The zero-order chi connectivity index (χ0) is 52.2. The summed E-state index contributed by atoms with van der Waals surface area (Å²) >= 11 is 1.30. The number of hydrogen-bond acceptors (Lipinski definition) is 14. The highest BCUT2D eigenvalue weighted by atomic mass is 32.2. The van der Waals surface area contributed by atoms with Crippen molar-refractivity contribution in [3.63, 3.8) is 0 Å². The van der Waals surface area contributed by atoms with E-state index in [1.54, 1.807) is 0 Å². The quantitative estimate of drug-likeness (QED) is 0.114. The predicted molar refractivity (Wildman–Crippen MR) is 272 cm³/mol. The van der Waals surface area contributed by atoms with Crippen molar-refractivity contribution in [1.82, 2.24) is 5.32 Å². The maximum absolute atomic E-state index is 15.3. The van der Waals surface area contributed by atoms with Gasteiger partial charge in [-0.05, 0) is 121 Å². The summed E-state index contributed by atoms with van der Waals surface area (Å²) in [7, 11) is 1.18. The van der Waals surface area contributed by atoms with E-state index in [-0.39, 0.29) is 62.6 Å². The van der Waals surface area contributed by atoms with Crippen LogP contribution >= 0.6 is 11.8 Å². The van der Waals surface area contributed by atoms with Crippen LogP contribution in [0.5, 0.6) is 0 Å². The molecule has 6 aliphatic rings. The number of carbonyl (C=O) groups excluding carboxylic acids is 6. The highest BCUT2D eigenvalue weighted by Crippen LogP contribution is 2.75. The first-order valence-electron chi connectivity index (χ1n) is 26.1. The summed E-state index contributed by atoms with van der Waals surface area (Å²) in [5.74, 6) is -2.24. The summed E-state index contributed by atoms with van der Waals surface area (Å²) < 4.78 is 34.4. The monoisotopic (exact) mass is 1010 g/mol. The number of rotatable bonds is 13. The van der Waals surface area contributed by atoms with Gasteiger partial charge < -0.3 is 33.7 Å². The zero-order valence-electron chi connectivity index (χ0n) is 44.2. The lowest BCUT2D eigenvalue weighted by Gasteiger charge is -2.70. The summed E-state index contributed by atoms with van der Waals surface area (Å²) in [6.45, 7) is 20.5. The average Bonchev–Trinajstić information content (AvgIpc) is 3.32. The number of ether oxygens (including phenoxy) is 6. The van der Waals surface area contributed by atoms with Gasteiger partial charge in [-0.1, -0.05) is 108 Å². The smallest absolute Gasteiger partial charge is 0.339 e. The van der Waals surface area contributed by atoms with E-state index >= 15 is 4.79 Å².